The fraction of sp³-hybridized carbons (Fsp3) is 0.182. The van der Waals surface area contributed by atoms with Crippen molar-refractivity contribution in [2.75, 3.05) is 6.54 Å². The third-order valence-electron chi connectivity index (χ3n) is 5.29. The fourth-order valence-corrected chi connectivity index (χ4v) is 3.67. The maximum absolute atomic E-state index is 14.4. The highest BCUT2D eigenvalue weighted by Crippen LogP contribution is 2.29. The van der Waals surface area contributed by atoms with E-state index in [1.165, 1.54) is 17.2 Å². The van der Waals surface area contributed by atoms with Crippen molar-refractivity contribution >= 4 is 12.1 Å². The molecule has 5 rings (SSSR count). The molecule has 166 valence electrons. The number of carbonyl (C=O) groups excluding carboxylic acids is 1. The third-order valence-corrected chi connectivity index (χ3v) is 5.29. The topological polar surface area (TPSA) is 116 Å². The first-order valence-electron chi connectivity index (χ1n) is 10.3. The molecule has 0 aromatic carbocycles. The van der Waals surface area contributed by atoms with E-state index in [9.17, 15) is 9.18 Å². The van der Waals surface area contributed by atoms with E-state index in [4.69, 9.17) is 4.42 Å². The summed E-state index contributed by atoms with van der Waals surface area (Å²) in [5.41, 5.74) is 2.55. The van der Waals surface area contributed by atoms with Crippen LogP contribution >= 0.6 is 0 Å². The van der Waals surface area contributed by atoms with Crippen LogP contribution in [0.5, 0.6) is 0 Å². The molecule has 3 aromatic heterocycles. The van der Waals surface area contributed by atoms with Crippen molar-refractivity contribution in [2.24, 2.45) is 5.10 Å². The van der Waals surface area contributed by atoms with Crippen molar-refractivity contribution in [2.45, 2.75) is 19.4 Å². The number of amides is 1. The van der Waals surface area contributed by atoms with Crippen LogP contribution in [-0.2, 0) is 6.42 Å². The molecule has 1 amide bonds. The summed E-state index contributed by atoms with van der Waals surface area (Å²) in [6, 6.07) is 4.60. The Bertz CT molecular complexity index is 1290. The van der Waals surface area contributed by atoms with Gasteiger partial charge in [0.05, 0.1) is 23.9 Å². The summed E-state index contributed by atoms with van der Waals surface area (Å²) < 4.78 is 20.0. The predicted octanol–water partition coefficient (Wildman–Crippen LogP) is 3.17. The Labute approximate surface area is 187 Å². The van der Waals surface area contributed by atoms with Gasteiger partial charge in [0.1, 0.15) is 11.7 Å². The average molecular weight is 446 g/mol. The van der Waals surface area contributed by atoms with E-state index in [-0.39, 0.29) is 11.8 Å². The highest BCUT2D eigenvalue weighted by Gasteiger charge is 2.35. The number of hydrogen-bond donors (Lipinski definition) is 1. The van der Waals surface area contributed by atoms with E-state index < -0.39 is 17.9 Å². The summed E-state index contributed by atoms with van der Waals surface area (Å²) in [4.78, 5) is 26.5. The fourth-order valence-electron chi connectivity index (χ4n) is 3.67. The highest BCUT2D eigenvalue weighted by molar-refractivity contribution is 5.92. The molecule has 33 heavy (non-hydrogen) atoms. The van der Waals surface area contributed by atoms with E-state index in [0.29, 0.717) is 30.1 Å². The zero-order valence-electron chi connectivity index (χ0n) is 17.6. The molecule has 2 aliphatic rings. The van der Waals surface area contributed by atoms with Gasteiger partial charge in [0.15, 0.2) is 0 Å². The molecule has 1 N–H and O–H groups in total. The molecule has 0 saturated carbocycles. The van der Waals surface area contributed by atoms with Gasteiger partial charge in [-0.15, -0.1) is 10.2 Å². The number of H-pyrrole nitrogens is 1. The Morgan fingerprint density at radius 1 is 1.33 bits per heavy atom. The number of fused-ring (bicyclic) bond motifs is 1. The van der Waals surface area contributed by atoms with Crippen molar-refractivity contribution in [3.8, 4) is 11.6 Å². The molecule has 0 aliphatic carbocycles. The summed E-state index contributed by atoms with van der Waals surface area (Å²) in [6.07, 6.45) is 11.6. The number of halogens is 1. The SMILES string of the molecule is C/C=C1/C=CC=C(F)N1/N=C/[C@H]1c2nc[nH]c2CCN1C(=O)c1nnc(-c2ccccn2)o1. The number of hydrogen-bond acceptors (Lipinski definition) is 8. The number of imidazole rings is 1. The second kappa shape index (κ2) is 8.61. The number of nitrogens with one attached hydrogen (secondary N) is 1. The monoisotopic (exact) mass is 446 g/mol. The minimum atomic E-state index is -0.658. The Hall–Kier alpha value is -4.41. The van der Waals surface area contributed by atoms with Crippen molar-refractivity contribution in [3.05, 3.63) is 84.0 Å². The standard InChI is InChI=1S/C22H19FN8O2/c1-2-14-6-5-8-18(23)31(14)27-12-17-19-15(25-13-26-19)9-11-30(17)22(32)21-29-28-20(33-21)16-7-3-4-10-24-16/h2-8,10,12-13,17H,9,11H2,1H3,(H,25,26)/b14-2-,27-12+/t17-/m0/s1. The van der Waals surface area contributed by atoms with Crippen LogP contribution in [0, 0.1) is 0 Å². The first kappa shape index (κ1) is 20.5. The Morgan fingerprint density at radius 2 is 2.24 bits per heavy atom. The largest absolute Gasteiger partial charge is 0.411 e. The molecule has 3 aromatic rings. The van der Waals surface area contributed by atoms with Gasteiger partial charge in [-0.1, -0.05) is 18.2 Å². The maximum Gasteiger partial charge on any atom is 0.312 e. The lowest BCUT2D eigenvalue weighted by atomic mass is 10.0. The second-order valence-electron chi connectivity index (χ2n) is 7.23. The molecule has 0 spiro atoms. The van der Waals surface area contributed by atoms with Crippen molar-refractivity contribution in [1.82, 2.24) is 35.1 Å². The van der Waals surface area contributed by atoms with Gasteiger partial charge in [-0.3, -0.25) is 9.78 Å². The van der Waals surface area contributed by atoms with Gasteiger partial charge in [0, 0.05) is 24.9 Å². The van der Waals surface area contributed by atoms with E-state index in [1.54, 1.807) is 55.9 Å². The molecule has 10 nitrogen and oxygen atoms in total. The number of aromatic amines is 1. The summed E-state index contributed by atoms with van der Waals surface area (Å²) in [7, 11) is 0. The van der Waals surface area contributed by atoms with Crippen LogP contribution in [0.25, 0.3) is 11.6 Å². The van der Waals surface area contributed by atoms with Gasteiger partial charge in [0.25, 0.3) is 5.89 Å². The van der Waals surface area contributed by atoms with Crippen LogP contribution in [0.4, 0.5) is 4.39 Å². The maximum atomic E-state index is 14.4. The van der Waals surface area contributed by atoms with Gasteiger partial charge in [-0.05, 0) is 31.2 Å². The molecular formula is C22H19FN8O2. The number of pyridine rings is 1. The molecule has 1 atom stereocenters. The zero-order chi connectivity index (χ0) is 22.8. The molecule has 0 saturated heterocycles. The number of rotatable bonds is 4. The number of aromatic nitrogens is 5. The van der Waals surface area contributed by atoms with Gasteiger partial charge in [0.2, 0.25) is 5.95 Å². The molecule has 0 radical (unpaired) electrons. The molecule has 0 bridgehead atoms. The van der Waals surface area contributed by atoms with Crippen molar-refractivity contribution in [1.29, 1.82) is 0 Å². The Kier molecular flexibility index (Phi) is 5.35. The molecule has 5 heterocycles. The quantitative estimate of drug-likeness (QED) is 0.483. The summed E-state index contributed by atoms with van der Waals surface area (Å²) in [5.74, 6) is -1.04. The lowest BCUT2D eigenvalue weighted by Gasteiger charge is -2.32. The third kappa shape index (κ3) is 3.84. The predicted molar refractivity (Wildman–Crippen MR) is 116 cm³/mol. The Balaban J connectivity index is 1.45. The summed E-state index contributed by atoms with van der Waals surface area (Å²) in [6.45, 7) is 2.15. The number of carbonyl (C=O) groups is 1. The normalized spacial score (nSPS) is 19.3. The minimum Gasteiger partial charge on any atom is -0.411 e. The molecule has 0 fully saturated rings. The number of hydrazone groups is 1. The van der Waals surface area contributed by atoms with Gasteiger partial charge in [-0.2, -0.15) is 9.49 Å². The minimum absolute atomic E-state index is 0.145. The van der Waals surface area contributed by atoms with E-state index in [2.05, 4.69) is 30.3 Å². The second-order valence-corrected chi connectivity index (χ2v) is 7.23. The zero-order valence-corrected chi connectivity index (χ0v) is 17.6. The Morgan fingerprint density at radius 3 is 3.06 bits per heavy atom. The highest BCUT2D eigenvalue weighted by atomic mass is 19.1. The summed E-state index contributed by atoms with van der Waals surface area (Å²) >= 11 is 0. The molecular weight excluding hydrogens is 427 g/mol. The van der Waals surface area contributed by atoms with Crippen LogP contribution in [0.15, 0.2) is 76.2 Å². The number of allylic oxidation sites excluding steroid dienone is 4. The van der Waals surface area contributed by atoms with Gasteiger partial charge < -0.3 is 14.3 Å². The average Bonchev–Trinajstić information content (AvgIpc) is 3.53. The van der Waals surface area contributed by atoms with Gasteiger partial charge in [-0.25, -0.2) is 9.99 Å². The first-order chi connectivity index (χ1) is 16.2. The van der Waals surface area contributed by atoms with Crippen molar-refractivity contribution < 1.29 is 13.6 Å². The van der Waals surface area contributed by atoms with E-state index in [1.807, 2.05) is 0 Å². The van der Waals surface area contributed by atoms with E-state index in [0.717, 1.165) is 10.7 Å². The van der Waals surface area contributed by atoms with Crippen LogP contribution < -0.4 is 0 Å². The number of nitrogens with zero attached hydrogens (tertiary/aromatic N) is 7. The lowest BCUT2D eigenvalue weighted by Crippen LogP contribution is -2.41. The smallest absolute Gasteiger partial charge is 0.312 e. The van der Waals surface area contributed by atoms with E-state index >= 15 is 0 Å². The van der Waals surface area contributed by atoms with Crippen LogP contribution in [0.1, 0.15) is 35.0 Å². The van der Waals surface area contributed by atoms with Crippen LogP contribution in [-0.4, -0.2) is 53.7 Å². The van der Waals surface area contributed by atoms with Crippen LogP contribution in [0.3, 0.4) is 0 Å². The van der Waals surface area contributed by atoms with Crippen molar-refractivity contribution in [3.63, 3.8) is 0 Å². The lowest BCUT2D eigenvalue weighted by molar-refractivity contribution is 0.0672. The first-order valence-corrected chi connectivity index (χ1v) is 10.3. The molecule has 11 heteroatoms. The molecule has 2 aliphatic heterocycles. The summed E-state index contributed by atoms with van der Waals surface area (Å²) in [5, 5.41) is 13.3. The van der Waals surface area contributed by atoms with Gasteiger partial charge >= 0.3 is 11.8 Å². The van der Waals surface area contributed by atoms with Crippen LogP contribution in [0.2, 0.25) is 0 Å². The molecule has 0 unspecified atom stereocenters.